The van der Waals surface area contributed by atoms with E-state index in [0.717, 1.165) is 37.0 Å². The van der Waals surface area contributed by atoms with Crippen LogP contribution in [0.2, 0.25) is 0 Å². The second-order valence-corrected chi connectivity index (χ2v) is 13.7. The van der Waals surface area contributed by atoms with Gasteiger partial charge in [-0.15, -0.1) is 0 Å². The van der Waals surface area contributed by atoms with Crippen LogP contribution in [0.5, 0.6) is 0 Å². The predicted octanol–water partition coefficient (Wildman–Crippen LogP) is 1.16. The standard InChI is InChI=1S/C40H49N5O15/c46-26(9-10-33(48)43(19-13-36(51)52)20-14-37(53)54)11-17-44(18-12-32(47)41-23-34(49)45(21-15-38(55)56)22-16-39(57)58)35(50)24-42-40(59)60-25-31-29-7-3-1-5-27(29)28-6-2-4-8-30(28)31/h1-8,31H,9-25H2,(H,41,47)(H,42,59)(H,51,52)(H,53,54)(H,55,56)(H,57,58). The molecule has 20 nitrogen and oxygen atoms in total. The Bertz CT molecular complexity index is 1760. The summed E-state index contributed by atoms with van der Waals surface area (Å²) in [7, 11) is 0. The SMILES string of the molecule is O=C(O)CCN(CCC(=O)O)C(=O)CCC(=O)CCN(CCC(=O)NCC(=O)N(CCC(=O)O)CCC(=O)O)C(=O)CNC(=O)OCC1c2ccccc2-c2ccccc21. The first kappa shape index (κ1) is 47.5. The van der Waals surface area contributed by atoms with Crippen molar-refractivity contribution < 1.29 is 73.1 Å². The quantitative estimate of drug-likeness (QED) is 0.0736. The Morgan fingerprint density at radius 1 is 0.483 bits per heavy atom. The fraction of sp³-hybridized carbons (Fsp3) is 0.450. The van der Waals surface area contributed by atoms with E-state index in [0.29, 0.717) is 0 Å². The van der Waals surface area contributed by atoms with Gasteiger partial charge >= 0.3 is 30.0 Å². The van der Waals surface area contributed by atoms with Crippen LogP contribution in [-0.2, 0) is 47.9 Å². The molecule has 2 aromatic rings. The second-order valence-electron chi connectivity index (χ2n) is 13.7. The highest BCUT2D eigenvalue weighted by atomic mass is 16.5. The van der Waals surface area contributed by atoms with Gasteiger partial charge in [0.25, 0.3) is 0 Å². The minimum Gasteiger partial charge on any atom is -0.481 e. The van der Waals surface area contributed by atoms with Crippen molar-refractivity contribution in [3.63, 3.8) is 0 Å². The Balaban J connectivity index is 1.60. The molecule has 0 unspecified atom stereocenters. The number of nitrogens with one attached hydrogen (secondary N) is 2. The van der Waals surface area contributed by atoms with Crippen molar-refractivity contribution >= 4 is 59.4 Å². The predicted molar refractivity (Wildman–Crippen MR) is 208 cm³/mol. The highest BCUT2D eigenvalue weighted by Crippen LogP contribution is 2.44. The number of ether oxygens (including phenoxy) is 1. The summed E-state index contributed by atoms with van der Waals surface area (Å²) in [5.41, 5.74) is 3.98. The molecule has 0 aliphatic heterocycles. The molecule has 0 fully saturated rings. The Kier molecular flexibility index (Phi) is 19.1. The molecular formula is C40H49N5O15. The molecule has 1 aliphatic carbocycles. The van der Waals surface area contributed by atoms with Gasteiger partial charge in [-0.3, -0.25) is 43.2 Å². The Morgan fingerprint density at radius 3 is 1.35 bits per heavy atom. The van der Waals surface area contributed by atoms with E-state index in [4.69, 9.17) is 25.2 Å². The number of amides is 5. The second kappa shape index (κ2) is 24.2. The highest BCUT2D eigenvalue weighted by Gasteiger charge is 2.29. The number of carboxylic acids is 4. The number of alkyl carbamates (subject to hydrolysis) is 1. The first-order valence-corrected chi connectivity index (χ1v) is 19.1. The molecule has 3 rings (SSSR count). The smallest absolute Gasteiger partial charge is 0.407 e. The van der Waals surface area contributed by atoms with Gasteiger partial charge in [-0.05, 0) is 22.3 Å². The number of carbonyl (C=O) groups excluding carboxylic acids is 6. The molecule has 1 aliphatic rings. The van der Waals surface area contributed by atoms with Gasteiger partial charge in [-0.25, -0.2) is 4.79 Å². The summed E-state index contributed by atoms with van der Waals surface area (Å²) in [6.45, 7) is -2.88. The number of nitrogens with zero attached hydrogens (tertiary/aromatic N) is 3. The molecule has 0 spiro atoms. The van der Waals surface area contributed by atoms with Gasteiger partial charge in [-0.1, -0.05) is 48.5 Å². The zero-order valence-corrected chi connectivity index (χ0v) is 32.8. The number of benzene rings is 2. The number of aliphatic carboxylic acids is 4. The van der Waals surface area contributed by atoms with E-state index in [1.165, 1.54) is 0 Å². The van der Waals surface area contributed by atoms with Crippen LogP contribution in [0.3, 0.4) is 0 Å². The molecule has 0 bridgehead atoms. The van der Waals surface area contributed by atoms with Gasteiger partial charge in [0.05, 0.1) is 32.2 Å². The maximum Gasteiger partial charge on any atom is 0.407 e. The Morgan fingerprint density at radius 2 is 0.883 bits per heavy atom. The lowest BCUT2D eigenvalue weighted by atomic mass is 9.98. The summed E-state index contributed by atoms with van der Waals surface area (Å²) < 4.78 is 5.49. The largest absolute Gasteiger partial charge is 0.481 e. The summed E-state index contributed by atoms with van der Waals surface area (Å²) in [6, 6.07) is 15.4. The molecule has 5 amide bonds. The third kappa shape index (κ3) is 16.2. The topological polar surface area (TPSA) is 295 Å². The lowest BCUT2D eigenvalue weighted by Crippen LogP contribution is -2.44. The number of hydrogen-bond donors (Lipinski definition) is 6. The summed E-state index contributed by atoms with van der Waals surface area (Å²) in [5.74, 6) is -8.39. The van der Waals surface area contributed by atoms with Crippen molar-refractivity contribution in [3.05, 3.63) is 59.7 Å². The highest BCUT2D eigenvalue weighted by molar-refractivity contribution is 5.88. The fourth-order valence-corrected chi connectivity index (χ4v) is 6.32. The summed E-state index contributed by atoms with van der Waals surface area (Å²) in [6.07, 6.45) is -4.05. The molecule has 0 aromatic heterocycles. The van der Waals surface area contributed by atoms with Gasteiger partial charge in [0.2, 0.25) is 23.6 Å². The van der Waals surface area contributed by atoms with Crippen LogP contribution in [0, 0.1) is 0 Å². The number of ketones is 1. The van der Waals surface area contributed by atoms with Gasteiger partial charge < -0.3 is 50.5 Å². The van der Waals surface area contributed by atoms with Gasteiger partial charge in [-0.2, -0.15) is 0 Å². The number of carbonyl (C=O) groups is 10. The van der Waals surface area contributed by atoms with E-state index in [1.807, 2.05) is 48.5 Å². The zero-order valence-electron chi connectivity index (χ0n) is 32.8. The van der Waals surface area contributed by atoms with Crippen LogP contribution in [0.4, 0.5) is 4.79 Å². The average molecular weight is 840 g/mol. The van der Waals surface area contributed by atoms with Crippen LogP contribution >= 0.6 is 0 Å². The van der Waals surface area contributed by atoms with E-state index in [2.05, 4.69) is 10.6 Å². The summed E-state index contributed by atoms with van der Waals surface area (Å²) in [5, 5.41) is 40.7. The maximum absolute atomic E-state index is 13.4. The average Bonchev–Trinajstić information content (AvgIpc) is 3.53. The molecule has 0 heterocycles. The van der Waals surface area contributed by atoms with Gasteiger partial charge in [0.1, 0.15) is 18.9 Å². The molecule has 0 saturated heterocycles. The summed E-state index contributed by atoms with van der Waals surface area (Å²) >= 11 is 0. The third-order valence-electron chi connectivity index (χ3n) is 9.49. The lowest BCUT2D eigenvalue weighted by molar-refractivity contribution is -0.142. The van der Waals surface area contributed by atoms with E-state index in [1.54, 1.807) is 0 Å². The third-order valence-corrected chi connectivity index (χ3v) is 9.49. The summed E-state index contributed by atoms with van der Waals surface area (Å²) in [4.78, 5) is 124. The lowest BCUT2D eigenvalue weighted by Gasteiger charge is -2.24. The van der Waals surface area contributed by atoms with E-state index < -0.39 is 98.2 Å². The molecule has 6 N–H and O–H groups in total. The number of fused-ring (bicyclic) bond motifs is 3. The fourth-order valence-electron chi connectivity index (χ4n) is 6.32. The molecule has 324 valence electrons. The van der Waals surface area contributed by atoms with Crippen molar-refractivity contribution in [3.8, 4) is 11.1 Å². The maximum atomic E-state index is 13.4. The van der Waals surface area contributed by atoms with Crippen LogP contribution < -0.4 is 10.6 Å². The first-order valence-electron chi connectivity index (χ1n) is 19.1. The number of Topliss-reactive ketones (excluding diaryl/α,β-unsaturated/α-hetero) is 1. The van der Waals surface area contributed by atoms with Gasteiger partial charge in [0.15, 0.2) is 0 Å². The van der Waals surface area contributed by atoms with Gasteiger partial charge in [0, 0.05) is 70.9 Å². The van der Waals surface area contributed by atoms with Crippen LogP contribution in [0.1, 0.15) is 68.4 Å². The molecule has 0 radical (unpaired) electrons. The number of carboxylic acid groups (broad SMARTS) is 4. The molecule has 0 saturated carbocycles. The Hall–Kier alpha value is -6.86. The van der Waals surface area contributed by atoms with Crippen LogP contribution in [0.15, 0.2) is 48.5 Å². The van der Waals surface area contributed by atoms with Crippen LogP contribution in [-0.4, -0.2) is 153 Å². The van der Waals surface area contributed by atoms with Crippen molar-refractivity contribution in [2.75, 3.05) is 59.0 Å². The molecular weight excluding hydrogens is 790 g/mol. The number of rotatable bonds is 27. The minimum absolute atomic E-state index is 0.0298. The number of hydrogen-bond acceptors (Lipinski definition) is 11. The van der Waals surface area contributed by atoms with Crippen molar-refractivity contribution in [1.82, 2.24) is 25.3 Å². The van der Waals surface area contributed by atoms with E-state index >= 15 is 0 Å². The van der Waals surface area contributed by atoms with E-state index in [-0.39, 0.29) is 77.5 Å². The van der Waals surface area contributed by atoms with Crippen molar-refractivity contribution in [2.24, 2.45) is 0 Å². The molecule has 60 heavy (non-hydrogen) atoms. The van der Waals surface area contributed by atoms with Crippen molar-refractivity contribution in [1.29, 1.82) is 0 Å². The van der Waals surface area contributed by atoms with Crippen molar-refractivity contribution in [2.45, 2.75) is 57.3 Å². The monoisotopic (exact) mass is 839 g/mol. The Labute approximate surface area is 344 Å². The van der Waals surface area contributed by atoms with E-state index in [9.17, 15) is 47.9 Å². The molecule has 2 aromatic carbocycles. The molecule has 0 atom stereocenters. The molecule has 20 heteroatoms. The van der Waals surface area contributed by atoms with Crippen LogP contribution in [0.25, 0.3) is 11.1 Å². The zero-order chi connectivity index (χ0) is 44.2. The first-order chi connectivity index (χ1) is 28.5. The minimum atomic E-state index is -1.22. The normalized spacial score (nSPS) is 11.3.